The summed E-state index contributed by atoms with van der Waals surface area (Å²) in [5.41, 5.74) is 7.80. The zero-order valence-electron chi connectivity index (χ0n) is 11.1. The van der Waals surface area contributed by atoms with E-state index in [0.717, 1.165) is 22.0 Å². The summed E-state index contributed by atoms with van der Waals surface area (Å²) in [6.45, 7) is 0. The van der Waals surface area contributed by atoms with E-state index in [-0.39, 0.29) is 0 Å². The van der Waals surface area contributed by atoms with Crippen molar-refractivity contribution in [3.8, 4) is 5.88 Å². The van der Waals surface area contributed by atoms with Gasteiger partial charge in [0.15, 0.2) is 5.82 Å². The van der Waals surface area contributed by atoms with Crippen molar-refractivity contribution < 1.29 is 4.74 Å². The largest absolute Gasteiger partial charge is 0.481 e. The van der Waals surface area contributed by atoms with Gasteiger partial charge in [0.25, 0.3) is 0 Å². The van der Waals surface area contributed by atoms with Crippen LogP contribution in [-0.4, -0.2) is 22.3 Å². The molecule has 0 spiro atoms. The summed E-state index contributed by atoms with van der Waals surface area (Å²) in [5, 5.41) is 10.2. The molecule has 0 saturated carbocycles. The summed E-state index contributed by atoms with van der Waals surface area (Å²) < 4.78 is 5.05. The van der Waals surface area contributed by atoms with Crippen LogP contribution in [0.1, 0.15) is 11.3 Å². The van der Waals surface area contributed by atoms with Crippen LogP contribution >= 0.6 is 0 Å². The minimum absolute atomic E-state index is 0.456. The second-order valence-corrected chi connectivity index (χ2v) is 4.46. The molecular formula is C15H14N4O. The van der Waals surface area contributed by atoms with Crippen molar-refractivity contribution in [1.82, 2.24) is 15.2 Å². The quantitative estimate of drug-likeness (QED) is 0.786. The van der Waals surface area contributed by atoms with E-state index in [9.17, 15) is 0 Å². The smallest absolute Gasteiger partial charge is 0.212 e. The molecule has 0 saturated heterocycles. The van der Waals surface area contributed by atoms with Crippen LogP contribution in [0.25, 0.3) is 10.8 Å². The lowest BCUT2D eigenvalue weighted by Gasteiger charge is -2.07. The molecule has 0 aliphatic carbocycles. The Morgan fingerprint density at radius 3 is 2.55 bits per heavy atom. The van der Waals surface area contributed by atoms with Gasteiger partial charge >= 0.3 is 0 Å². The Bertz CT molecular complexity index is 740. The summed E-state index contributed by atoms with van der Waals surface area (Å²) in [6.07, 6.45) is 2.44. The van der Waals surface area contributed by atoms with Crippen LogP contribution in [-0.2, 0) is 6.42 Å². The second kappa shape index (κ2) is 5.13. The summed E-state index contributed by atoms with van der Waals surface area (Å²) in [6, 6.07) is 11.7. The van der Waals surface area contributed by atoms with Crippen molar-refractivity contribution >= 4 is 16.6 Å². The number of rotatable bonds is 3. The predicted octanol–water partition coefficient (Wildman–Crippen LogP) is 2.21. The van der Waals surface area contributed by atoms with Crippen molar-refractivity contribution in [1.29, 1.82) is 0 Å². The minimum atomic E-state index is 0.456. The molecule has 2 N–H and O–H groups in total. The van der Waals surface area contributed by atoms with Crippen LogP contribution in [0, 0.1) is 0 Å². The summed E-state index contributed by atoms with van der Waals surface area (Å²) >= 11 is 0. The molecular weight excluding hydrogens is 252 g/mol. The molecule has 100 valence electrons. The number of fused-ring (bicyclic) bond motifs is 1. The maximum Gasteiger partial charge on any atom is 0.212 e. The number of pyridine rings is 1. The number of anilines is 1. The fraction of sp³-hybridized carbons (Fsp3) is 0.133. The fourth-order valence-electron chi connectivity index (χ4n) is 2.14. The molecule has 5 heteroatoms. The third-order valence-corrected chi connectivity index (χ3v) is 3.17. The van der Waals surface area contributed by atoms with E-state index >= 15 is 0 Å². The molecule has 0 aliphatic heterocycles. The molecule has 0 bridgehead atoms. The lowest BCUT2D eigenvalue weighted by atomic mass is 10.1. The van der Waals surface area contributed by atoms with Gasteiger partial charge in [0, 0.05) is 29.5 Å². The Balaban J connectivity index is 2.00. The van der Waals surface area contributed by atoms with Crippen molar-refractivity contribution in [2.45, 2.75) is 6.42 Å². The van der Waals surface area contributed by atoms with Crippen molar-refractivity contribution in [3.05, 3.63) is 53.9 Å². The first-order chi connectivity index (χ1) is 9.78. The first kappa shape index (κ1) is 12.3. The average Bonchev–Trinajstić information content (AvgIpc) is 2.51. The number of hydrogen-bond acceptors (Lipinski definition) is 5. The van der Waals surface area contributed by atoms with Crippen molar-refractivity contribution in [2.24, 2.45) is 0 Å². The van der Waals surface area contributed by atoms with Gasteiger partial charge in [-0.2, -0.15) is 5.10 Å². The predicted molar refractivity (Wildman–Crippen MR) is 77.5 cm³/mol. The zero-order chi connectivity index (χ0) is 13.9. The molecule has 2 heterocycles. The standard InChI is InChI=1S/C15H14N4O/c1-20-14-7-6-10(9-17-14)8-13-11-4-2-3-5-12(11)15(16)19-18-13/h2-7,9H,8H2,1H3,(H2,16,19). The summed E-state index contributed by atoms with van der Waals surface area (Å²) in [4.78, 5) is 4.20. The van der Waals surface area contributed by atoms with Gasteiger partial charge in [-0.3, -0.25) is 0 Å². The molecule has 1 aromatic carbocycles. The molecule has 0 fully saturated rings. The van der Waals surface area contributed by atoms with Crippen LogP contribution in [0.4, 0.5) is 5.82 Å². The number of nitrogens with zero attached hydrogens (tertiary/aromatic N) is 3. The molecule has 0 unspecified atom stereocenters. The van der Waals surface area contributed by atoms with Gasteiger partial charge in [0.1, 0.15) is 0 Å². The second-order valence-electron chi connectivity index (χ2n) is 4.46. The molecule has 5 nitrogen and oxygen atoms in total. The Morgan fingerprint density at radius 2 is 1.85 bits per heavy atom. The zero-order valence-corrected chi connectivity index (χ0v) is 11.1. The Labute approximate surface area is 116 Å². The maximum atomic E-state index is 5.85. The van der Waals surface area contributed by atoms with Crippen LogP contribution in [0.3, 0.4) is 0 Å². The molecule has 0 aliphatic rings. The van der Waals surface area contributed by atoms with Crippen molar-refractivity contribution in [2.75, 3.05) is 12.8 Å². The van der Waals surface area contributed by atoms with E-state index in [1.807, 2.05) is 36.4 Å². The highest BCUT2D eigenvalue weighted by molar-refractivity contribution is 5.92. The lowest BCUT2D eigenvalue weighted by molar-refractivity contribution is 0.397. The van der Waals surface area contributed by atoms with Crippen LogP contribution < -0.4 is 10.5 Å². The topological polar surface area (TPSA) is 73.9 Å². The van der Waals surface area contributed by atoms with E-state index in [4.69, 9.17) is 10.5 Å². The summed E-state index contributed by atoms with van der Waals surface area (Å²) in [5.74, 6) is 1.05. The Hall–Kier alpha value is -2.69. The third kappa shape index (κ3) is 2.25. The molecule has 3 rings (SSSR count). The summed E-state index contributed by atoms with van der Waals surface area (Å²) in [7, 11) is 1.60. The van der Waals surface area contributed by atoms with Gasteiger partial charge < -0.3 is 10.5 Å². The van der Waals surface area contributed by atoms with Gasteiger partial charge in [-0.05, 0) is 5.56 Å². The number of aromatic nitrogens is 3. The van der Waals surface area contributed by atoms with E-state index in [1.165, 1.54) is 0 Å². The normalized spacial score (nSPS) is 10.7. The Morgan fingerprint density at radius 1 is 1.05 bits per heavy atom. The number of nitrogen functional groups attached to an aromatic ring is 1. The van der Waals surface area contributed by atoms with Crippen LogP contribution in [0.2, 0.25) is 0 Å². The SMILES string of the molecule is COc1ccc(Cc2nnc(N)c3ccccc23)cn1. The van der Waals surface area contributed by atoms with Gasteiger partial charge in [0.05, 0.1) is 12.8 Å². The van der Waals surface area contributed by atoms with Gasteiger partial charge in [0.2, 0.25) is 5.88 Å². The monoisotopic (exact) mass is 266 g/mol. The highest BCUT2D eigenvalue weighted by Crippen LogP contribution is 2.22. The molecule has 2 aromatic heterocycles. The van der Waals surface area contributed by atoms with E-state index in [0.29, 0.717) is 18.1 Å². The molecule has 0 amide bonds. The van der Waals surface area contributed by atoms with Gasteiger partial charge in [-0.15, -0.1) is 5.10 Å². The third-order valence-electron chi connectivity index (χ3n) is 3.17. The van der Waals surface area contributed by atoms with Gasteiger partial charge in [-0.25, -0.2) is 4.98 Å². The molecule has 3 aromatic rings. The Kier molecular flexibility index (Phi) is 3.16. The number of nitrogens with two attached hydrogens (primary N) is 1. The molecule has 0 radical (unpaired) electrons. The van der Waals surface area contributed by atoms with E-state index < -0.39 is 0 Å². The van der Waals surface area contributed by atoms with E-state index in [2.05, 4.69) is 15.2 Å². The minimum Gasteiger partial charge on any atom is -0.481 e. The first-order valence-corrected chi connectivity index (χ1v) is 6.26. The fourth-order valence-corrected chi connectivity index (χ4v) is 2.14. The van der Waals surface area contributed by atoms with Gasteiger partial charge in [-0.1, -0.05) is 30.3 Å². The van der Waals surface area contributed by atoms with Crippen LogP contribution in [0.5, 0.6) is 5.88 Å². The molecule has 0 atom stereocenters. The maximum absolute atomic E-state index is 5.85. The highest BCUT2D eigenvalue weighted by atomic mass is 16.5. The highest BCUT2D eigenvalue weighted by Gasteiger charge is 2.08. The van der Waals surface area contributed by atoms with Crippen molar-refractivity contribution in [3.63, 3.8) is 0 Å². The number of methoxy groups -OCH3 is 1. The average molecular weight is 266 g/mol. The number of hydrogen-bond donors (Lipinski definition) is 1. The molecule has 20 heavy (non-hydrogen) atoms. The van der Waals surface area contributed by atoms with Crippen LogP contribution in [0.15, 0.2) is 42.6 Å². The first-order valence-electron chi connectivity index (χ1n) is 6.26. The number of ether oxygens (including phenoxy) is 1. The lowest BCUT2D eigenvalue weighted by Crippen LogP contribution is -2.01. The van der Waals surface area contributed by atoms with E-state index in [1.54, 1.807) is 13.3 Å². The number of benzene rings is 1.